The number of halogens is 2. The number of amides is 2. The first kappa shape index (κ1) is 12.3. The fourth-order valence-electron chi connectivity index (χ4n) is 2.02. The van der Waals surface area contributed by atoms with Crippen LogP contribution in [0.2, 0.25) is 0 Å². The van der Waals surface area contributed by atoms with E-state index < -0.39 is 11.7 Å². The molecular formula is C13H7FINO3. The van der Waals surface area contributed by atoms with Crippen LogP contribution in [-0.2, 0) is 11.2 Å². The van der Waals surface area contributed by atoms with Crippen molar-refractivity contribution < 1.29 is 18.4 Å². The highest BCUT2D eigenvalue weighted by atomic mass is 127. The molecule has 2 aromatic rings. The molecule has 2 amide bonds. The van der Waals surface area contributed by atoms with Crippen LogP contribution in [0, 0.1) is 9.39 Å². The number of nitrogens with zero attached hydrogens (tertiary/aromatic N) is 1. The van der Waals surface area contributed by atoms with E-state index in [-0.39, 0.29) is 12.3 Å². The second kappa shape index (κ2) is 4.44. The van der Waals surface area contributed by atoms with E-state index in [0.29, 0.717) is 20.6 Å². The summed E-state index contributed by atoms with van der Waals surface area (Å²) >= 11 is 1.90. The minimum atomic E-state index is -0.440. The maximum atomic E-state index is 13.1. The Labute approximate surface area is 121 Å². The molecule has 0 unspecified atom stereocenters. The molecule has 0 saturated carbocycles. The highest BCUT2D eigenvalue weighted by Gasteiger charge is 2.35. The molecule has 1 aromatic heterocycles. The molecule has 0 fully saturated rings. The van der Waals surface area contributed by atoms with Gasteiger partial charge in [0.25, 0.3) is 5.91 Å². The summed E-state index contributed by atoms with van der Waals surface area (Å²) in [7, 11) is 0. The zero-order valence-corrected chi connectivity index (χ0v) is 11.7. The molecule has 6 heteroatoms. The van der Waals surface area contributed by atoms with Gasteiger partial charge in [0.1, 0.15) is 11.6 Å². The lowest BCUT2D eigenvalue weighted by molar-refractivity contribution is -0.117. The second-order valence-corrected chi connectivity index (χ2v) is 5.23. The Morgan fingerprint density at radius 2 is 2.05 bits per heavy atom. The van der Waals surface area contributed by atoms with E-state index in [9.17, 15) is 14.0 Å². The molecule has 1 aliphatic rings. The molecule has 0 saturated heterocycles. The molecule has 3 rings (SSSR count). The number of imide groups is 1. The predicted octanol–water partition coefficient (Wildman–Crippen LogP) is 2.75. The SMILES string of the molecule is O=C1Cc2occc2C(=O)N1c1ccc(F)cc1I. The van der Waals surface area contributed by atoms with Crippen LogP contribution in [0.15, 0.2) is 34.9 Å². The molecular weight excluding hydrogens is 364 g/mol. The highest BCUT2D eigenvalue weighted by molar-refractivity contribution is 14.1. The third-order valence-electron chi connectivity index (χ3n) is 2.89. The van der Waals surface area contributed by atoms with E-state index in [1.807, 2.05) is 22.6 Å². The van der Waals surface area contributed by atoms with Gasteiger partial charge in [-0.1, -0.05) is 0 Å². The Morgan fingerprint density at radius 1 is 1.26 bits per heavy atom. The first-order valence-corrected chi connectivity index (χ1v) is 6.54. The van der Waals surface area contributed by atoms with E-state index in [1.165, 1.54) is 30.5 Å². The Morgan fingerprint density at radius 3 is 2.79 bits per heavy atom. The van der Waals surface area contributed by atoms with Crippen LogP contribution in [0.4, 0.5) is 10.1 Å². The van der Waals surface area contributed by atoms with Crippen molar-refractivity contribution in [1.29, 1.82) is 0 Å². The van der Waals surface area contributed by atoms with Crippen molar-refractivity contribution in [3.05, 3.63) is 51.2 Å². The van der Waals surface area contributed by atoms with Gasteiger partial charge in [-0.05, 0) is 46.9 Å². The first-order valence-electron chi connectivity index (χ1n) is 5.46. The summed E-state index contributed by atoms with van der Waals surface area (Å²) in [5.41, 5.74) is 0.767. The summed E-state index contributed by atoms with van der Waals surface area (Å²) in [4.78, 5) is 25.4. The maximum absolute atomic E-state index is 13.1. The number of rotatable bonds is 1. The largest absolute Gasteiger partial charge is 0.468 e. The van der Waals surface area contributed by atoms with Gasteiger partial charge in [-0.25, -0.2) is 9.29 Å². The van der Waals surface area contributed by atoms with E-state index >= 15 is 0 Å². The normalized spacial score (nSPS) is 14.7. The molecule has 0 spiro atoms. The second-order valence-electron chi connectivity index (χ2n) is 4.06. The van der Waals surface area contributed by atoms with Gasteiger partial charge < -0.3 is 4.42 Å². The molecule has 2 heterocycles. The average Bonchev–Trinajstić information content (AvgIpc) is 2.80. The quantitative estimate of drug-likeness (QED) is 0.572. The Balaban J connectivity index is 2.10. The number of hydrogen-bond donors (Lipinski definition) is 0. The summed E-state index contributed by atoms with van der Waals surface area (Å²) in [6, 6.07) is 5.47. The summed E-state index contributed by atoms with van der Waals surface area (Å²) < 4.78 is 18.7. The molecule has 0 N–H and O–H groups in total. The van der Waals surface area contributed by atoms with Crippen molar-refractivity contribution in [2.24, 2.45) is 0 Å². The lowest BCUT2D eigenvalue weighted by Gasteiger charge is -2.25. The molecule has 96 valence electrons. The summed E-state index contributed by atoms with van der Waals surface area (Å²) in [5.74, 6) is -0.848. The Hall–Kier alpha value is -1.70. The van der Waals surface area contributed by atoms with Crippen molar-refractivity contribution in [2.45, 2.75) is 6.42 Å². The number of carbonyl (C=O) groups is 2. The van der Waals surface area contributed by atoms with Crippen LogP contribution in [0.1, 0.15) is 16.1 Å². The topological polar surface area (TPSA) is 50.5 Å². The predicted molar refractivity (Wildman–Crippen MR) is 73.3 cm³/mol. The third kappa shape index (κ3) is 1.95. The third-order valence-corrected chi connectivity index (χ3v) is 3.75. The summed E-state index contributed by atoms with van der Waals surface area (Å²) in [6.07, 6.45) is 1.41. The van der Waals surface area contributed by atoms with Crippen LogP contribution in [0.5, 0.6) is 0 Å². The molecule has 4 nitrogen and oxygen atoms in total. The highest BCUT2D eigenvalue weighted by Crippen LogP contribution is 2.29. The van der Waals surface area contributed by atoms with E-state index in [1.54, 1.807) is 0 Å². The van der Waals surface area contributed by atoms with Gasteiger partial charge in [0.05, 0.1) is 23.9 Å². The van der Waals surface area contributed by atoms with Gasteiger partial charge >= 0.3 is 0 Å². The van der Waals surface area contributed by atoms with Crippen LogP contribution in [-0.4, -0.2) is 11.8 Å². The standard InChI is InChI=1S/C13H7FINO3/c14-7-1-2-10(9(15)5-7)16-12(17)6-11-8(13(16)18)3-4-19-11/h1-5H,6H2. The van der Waals surface area contributed by atoms with Crippen LogP contribution in [0.25, 0.3) is 0 Å². The lowest BCUT2D eigenvalue weighted by Crippen LogP contribution is -2.42. The van der Waals surface area contributed by atoms with Gasteiger partial charge in [0.15, 0.2) is 0 Å². The van der Waals surface area contributed by atoms with Gasteiger partial charge in [-0.15, -0.1) is 0 Å². The lowest BCUT2D eigenvalue weighted by atomic mass is 10.1. The van der Waals surface area contributed by atoms with Crippen molar-refractivity contribution >= 4 is 40.1 Å². The zero-order chi connectivity index (χ0) is 13.6. The van der Waals surface area contributed by atoms with Crippen molar-refractivity contribution in [3.8, 4) is 0 Å². The van der Waals surface area contributed by atoms with Gasteiger partial charge in [0, 0.05) is 3.57 Å². The molecule has 1 aliphatic heterocycles. The zero-order valence-electron chi connectivity index (χ0n) is 9.52. The average molecular weight is 371 g/mol. The number of benzene rings is 1. The number of anilines is 1. The molecule has 19 heavy (non-hydrogen) atoms. The van der Waals surface area contributed by atoms with Crippen molar-refractivity contribution in [1.82, 2.24) is 0 Å². The van der Waals surface area contributed by atoms with Crippen LogP contribution >= 0.6 is 22.6 Å². The fourth-order valence-corrected chi connectivity index (χ4v) is 2.74. The number of hydrogen-bond acceptors (Lipinski definition) is 3. The summed E-state index contributed by atoms with van der Waals surface area (Å²) in [5, 5.41) is 0. The molecule has 0 atom stereocenters. The number of fused-ring (bicyclic) bond motifs is 1. The van der Waals surface area contributed by atoms with Gasteiger partial charge in [0.2, 0.25) is 5.91 Å². The van der Waals surface area contributed by atoms with E-state index in [4.69, 9.17) is 4.42 Å². The summed E-state index contributed by atoms with van der Waals surface area (Å²) in [6.45, 7) is 0. The maximum Gasteiger partial charge on any atom is 0.268 e. The van der Waals surface area contributed by atoms with Crippen molar-refractivity contribution in [2.75, 3.05) is 4.90 Å². The molecule has 0 aliphatic carbocycles. The Bertz CT molecular complexity index is 695. The minimum absolute atomic E-state index is 0.0293. The number of carbonyl (C=O) groups excluding carboxylic acids is 2. The minimum Gasteiger partial charge on any atom is -0.468 e. The van der Waals surface area contributed by atoms with Gasteiger partial charge in [-0.3, -0.25) is 9.59 Å². The molecule has 1 aromatic carbocycles. The van der Waals surface area contributed by atoms with Crippen molar-refractivity contribution in [3.63, 3.8) is 0 Å². The fraction of sp³-hybridized carbons (Fsp3) is 0.0769. The van der Waals surface area contributed by atoms with E-state index in [0.717, 1.165) is 4.90 Å². The van der Waals surface area contributed by atoms with Gasteiger partial charge in [-0.2, -0.15) is 0 Å². The molecule has 0 radical (unpaired) electrons. The van der Waals surface area contributed by atoms with E-state index in [2.05, 4.69) is 0 Å². The van der Waals surface area contributed by atoms with Crippen LogP contribution in [0.3, 0.4) is 0 Å². The first-order chi connectivity index (χ1) is 9.08. The Kier molecular flexibility index (Phi) is 2.89. The monoisotopic (exact) mass is 371 g/mol. The smallest absolute Gasteiger partial charge is 0.268 e. The van der Waals surface area contributed by atoms with Crippen LogP contribution < -0.4 is 4.90 Å². The molecule has 0 bridgehead atoms. The number of furan rings is 1.